The molecule has 0 aromatic heterocycles. The summed E-state index contributed by atoms with van der Waals surface area (Å²) in [6, 6.07) is 7.46. The SMILES string of the molecule is COCCC(C)(C)CNc1ccc(C#N)c(N)c1. The fraction of sp³-hybridized carbons (Fsp3) is 0.500. The number of hydrogen-bond acceptors (Lipinski definition) is 4. The molecule has 0 saturated heterocycles. The predicted molar refractivity (Wildman–Crippen MR) is 74.3 cm³/mol. The third-order valence-electron chi connectivity index (χ3n) is 2.93. The Labute approximate surface area is 109 Å². The number of hydrogen-bond donors (Lipinski definition) is 2. The van der Waals surface area contributed by atoms with Crippen LogP contribution in [-0.4, -0.2) is 20.3 Å². The van der Waals surface area contributed by atoms with Crippen molar-refractivity contribution in [3.05, 3.63) is 23.8 Å². The molecule has 0 atom stereocenters. The molecule has 0 aliphatic heterocycles. The maximum atomic E-state index is 8.80. The van der Waals surface area contributed by atoms with Crippen molar-refractivity contribution >= 4 is 11.4 Å². The number of anilines is 2. The van der Waals surface area contributed by atoms with Gasteiger partial charge in [0.2, 0.25) is 0 Å². The van der Waals surface area contributed by atoms with Crippen LogP contribution in [0.3, 0.4) is 0 Å². The quantitative estimate of drug-likeness (QED) is 0.758. The first-order chi connectivity index (χ1) is 8.48. The van der Waals surface area contributed by atoms with Crippen molar-refractivity contribution in [3.8, 4) is 6.07 Å². The summed E-state index contributed by atoms with van der Waals surface area (Å²) in [6.07, 6.45) is 0.988. The zero-order valence-electron chi connectivity index (χ0n) is 11.3. The Hall–Kier alpha value is -1.73. The molecule has 1 aromatic rings. The molecule has 0 radical (unpaired) electrons. The summed E-state index contributed by atoms with van der Waals surface area (Å²) in [4.78, 5) is 0. The van der Waals surface area contributed by atoms with Crippen LogP contribution < -0.4 is 11.1 Å². The van der Waals surface area contributed by atoms with Crippen molar-refractivity contribution < 1.29 is 4.74 Å². The molecular weight excluding hydrogens is 226 g/mol. The van der Waals surface area contributed by atoms with Crippen LogP contribution in [0, 0.1) is 16.7 Å². The first-order valence-electron chi connectivity index (χ1n) is 6.01. The average Bonchev–Trinajstić information content (AvgIpc) is 2.34. The molecule has 0 amide bonds. The monoisotopic (exact) mass is 247 g/mol. The van der Waals surface area contributed by atoms with Crippen LogP contribution in [0.4, 0.5) is 11.4 Å². The first kappa shape index (κ1) is 14.3. The second kappa shape index (κ2) is 6.27. The van der Waals surface area contributed by atoms with Crippen LogP contribution in [-0.2, 0) is 4.74 Å². The molecule has 0 spiro atoms. The standard InChI is InChI=1S/C14H21N3O/c1-14(2,6-7-18-3)10-17-12-5-4-11(9-15)13(16)8-12/h4-5,8,17H,6-7,10,16H2,1-3H3. The summed E-state index contributed by atoms with van der Waals surface area (Å²) in [6.45, 7) is 5.96. The van der Waals surface area contributed by atoms with Crippen LogP contribution in [0.15, 0.2) is 18.2 Å². The van der Waals surface area contributed by atoms with Crippen molar-refractivity contribution in [3.63, 3.8) is 0 Å². The van der Waals surface area contributed by atoms with E-state index in [0.717, 1.165) is 25.3 Å². The second-order valence-corrected chi connectivity index (χ2v) is 5.17. The van der Waals surface area contributed by atoms with Crippen molar-refractivity contribution in [2.24, 2.45) is 5.41 Å². The van der Waals surface area contributed by atoms with Gasteiger partial charge in [0.05, 0.1) is 11.3 Å². The highest BCUT2D eigenvalue weighted by molar-refractivity contribution is 5.62. The summed E-state index contributed by atoms with van der Waals surface area (Å²) in [7, 11) is 1.71. The molecule has 98 valence electrons. The maximum Gasteiger partial charge on any atom is 0.101 e. The van der Waals surface area contributed by atoms with Crippen LogP contribution in [0.2, 0.25) is 0 Å². The fourth-order valence-corrected chi connectivity index (χ4v) is 1.58. The van der Waals surface area contributed by atoms with E-state index in [2.05, 4.69) is 25.2 Å². The highest BCUT2D eigenvalue weighted by atomic mass is 16.5. The number of benzene rings is 1. The van der Waals surface area contributed by atoms with Gasteiger partial charge in [-0.3, -0.25) is 0 Å². The van der Waals surface area contributed by atoms with Crippen LogP contribution >= 0.6 is 0 Å². The molecule has 0 aliphatic carbocycles. The lowest BCUT2D eigenvalue weighted by atomic mass is 9.89. The number of nitriles is 1. The van der Waals surface area contributed by atoms with Gasteiger partial charge in [0.1, 0.15) is 6.07 Å². The summed E-state index contributed by atoms with van der Waals surface area (Å²) < 4.78 is 5.10. The van der Waals surface area contributed by atoms with Gasteiger partial charge in [-0.05, 0) is 30.0 Å². The molecular formula is C14H21N3O. The van der Waals surface area contributed by atoms with Gasteiger partial charge < -0.3 is 15.8 Å². The molecule has 18 heavy (non-hydrogen) atoms. The highest BCUT2D eigenvalue weighted by Crippen LogP contribution is 2.23. The molecule has 4 nitrogen and oxygen atoms in total. The number of nitrogens with one attached hydrogen (secondary N) is 1. The van der Waals surface area contributed by atoms with E-state index in [4.69, 9.17) is 15.7 Å². The minimum Gasteiger partial charge on any atom is -0.398 e. The Morgan fingerprint density at radius 2 is 2.17 bits per heavy atom. The van der Waals surface area contributed by atoms with E-state index in [0.29, 0.717) is 11.3 Å². The van der Waals surface area contributed by atoms with E-state index in [1.54, 1.807) is 19.2 Å². The first-order valence-corrected chi connectivity index (χ1v) is 6.01. The largest absolute Gasteiger partial charge is 0.398 e. The predicted octanol–water partition coefficient (Wildman–Crippen LogP) is 2.62. The van der Waals surface area contributed by atoms with E-state index < -0.39 is 0 Å². The Bertz CT molecular complexity index is 435. The lowest BCUT2D eigenvalue weighted by molar-refractivity contribution is 0.157. The Morgan fingerprint density at radius 3 is 2.72 bits per heavy atom. The van der Waals surface area contributed by atoms with E-state index in [-0.39, 0.29) is 5.41 Å². The van der Waals surface area contributed by atoms with Crippen LogP contribution in [0.5, 0.6) is 0 Å². The maximum absolute atomic E-state index is 8.80. The Kier molecular flexibility index (Phi) is 4.99. The van der Waals surface area contributed by atoms with Gasteiger partial charge >= 0.3 is 0 Å². The summed E-state index contributed by atoms with van der Waals surface area (Å²) >= 11 is 0. The zero-order chi connectivity index (χ0) is 13.6. The molecule has 0 aliphatic rings. The van der Waals surface area contributed by atoms with Crippen LogP contribution in [0.25, 0.3) is 0 Å². The topological polar surface area (TPSA) is 71.1 Å². The zero-order valence-corrected chi connectivity index (χ0v) is 11.3. The number of nitrogens with two attached hydrogens (primary N) is 1. The molecule has 4 heteroatoms. The number of nitrogens with zero attached hydrogens (tertiary/aromatic N) is 1. The lowest BCUT2D eigenvalue weighted by Crippen LogP contribution is -2.24. The number of ether oxygens (including phenoxy) is 1. The van der Waals surface area contributed by atoms with Gasteiger partial charge in [0, 0.05) is 25.9 Å². The van der Waals surface area contributed by atoms with Gasteiger partial charge in [-0.25, -0.2) is 0 Å². The van der Waals surface area contributed by atoms with Crippen molar-refractivity contribution in [1.29, 1.82) is 5.26 Å². The fourth-order valence-electron chi connectivity index (χ4n) is 1.58. The molecule has 0 heterocycles. The molecule has 0 fully saturated rings. The van der Waals surface area contributed by atoms with Gasteiger partial charge in [-0.2, -0.15) is 5.26 Å². The minimum absolute atomic E-state index is 0.151. The van der Waals surface area contributed by atoms with Crippen molar-refractivity contribution in [2.45, 2.75) is 20.3 Å². The minimum atomic E-state index is 0.151. The molecule has 0 unspecified atom stereocenters. The molecule has 1 rings (SSSR count). The average molecular weight is 247 g/mol. The van der Waals surface area contributed by atoms with Gasteiger partial charge in [0.15, 0.2) is 0 Å². The van der Waals surface area contributed by atoms with Crippen LogP contribution in [0.1, 0.15) is 25.8 Å². The molecule has 1 aromatic carbocycles. The van der Waals surface area contributed by atoms with E-state index >= 15 is 0 Å². The van der Waals surface area contributed by atoms with Gasteiger partial charge in [-0.15, -0.1) is 0 Å². The van der Waals surface area contributed by atoms with E-state index in [9.17, 15) is 0 Å². The molecule has 0 bridgehead atoms. The van der Waals surface area contributed by atoms with Crippen molar-refractivity contribution in [1.82, 2.24) is 0 Å². The summed E-state index contributed by atoms with van der Waals surface area (Å²) in [5.41, 5.74) is 7.89. The van der Waals surface area contributed by atoms with Crippen molar-refractivity contribution in [2.75, 3.05) is 31.3 Å². The smallest absolute Gasteiger partial charge is 0.101 e. The Morgan fingerprint density at radius 1 is 1.44 bits per heavy atom. The van der Waals surface area contributed by atoms with E-state index in [1.165, 1.54) is 0 Å². The molecule has 3 N–H and O–H groups in total. The highest BCUT2D eigenvalue weighted by Gasteiger charge is 2.17. The Balaban J connectivity index is 2.58. The third-order valence-corrected chi connectivity index (χ3v) is 2.93. The lowest BCUT2D eigenvalue weighted by Gasteiger charge is -2.25. The number of methoxy groups -OCH3 is 1. The number of rotatable bonds is 6. The number of nitrogen functional groups attached to an aromatic ring is 1. The molecule has 0 saturated carbocycles. The van der Waals surface area contributed by atoms with Gasteiger partial charge in [-0.1, -0.05) is 13.8 Å². The van der Waals surface area contributed by atoms with Gasteiger partial charge in [0.25, 0.3) is 0 Å². The second-order valence-electron chi connectivity index (χ2n) is 5.17. The normalized spacial score (nSPS) is 11.0. The third kappa shape index (κ3) is 4.27. The summed E-state index contributed by atoms with van der Waals surface area (Å²) in [5, 5.41) is 12.1. The summed E-state index contributed by atoms with van der Waals surface area (Å²) in [5.74, 6) is 0. The van der Waals surface area contributed by atoms with E-state index in [1.807, 2.05) is 6.07 Å².